The van der Waals surface area contributed by atoms with E-state index in [2.05, 4.69) is 21.2 Å². The summed E-state index contributed by atoms with van der Waals surface area (Å²) in [5, 5.41) is 2.73. The van der Waals surface area contributed by atoms with Gasteiger partial charge in [-0.15, -0.1) is 0 Å². The fourth-order valence-electron chi connectivity index (χ4n) is 2.40. The van der Waals surface area contributed by atoms with Gasteiger partial charge in [-0.2, -0.15) is 0 Å². The lowest BCUT2D eigenvalue weighted by Gasteiger charge is -2.34. The van der Waals surface area contributed by atoms with Gasteiger partial charge in [0.15, 0.2) is 0 Å². The number of anilines is 1. The molecule has 0 atom stereocenters. The first-order valence-electron chi connectivity index (χ1n) is 7.46. The van der Waals surface area contributed by atoms with Crippen LogP contribution in [0.4, 0.5) is 5.69 Å². The van der Waals surface area contributed by atoms with Gasteiger partial charge in [0.05, 0.1) is 0 Å². The SMILES string of the molecule is CC(=O)N1CCN(C(=O)CC(=O)Nc2ccc(C)c(Br)c2)CC1. The first kappa shape index (κ1) is 17.5. The Bertz CT molecular complexity index is 625. The molecule has 1 aromatic carbocycles. The Kier molecular flexibility index (Phi) is 5.76. The number of rotatable bonds is 3. The topological polar surface area (TPSA) is 69.7 Å². The molecule has 6 nitrogen and oxygen atoms in total. The third-order valence-electron chi connectivity index (χ3n) is 3.85. The number of hydrogen-bond donors (Lipinski definition) is 1. The number of benzene rings is 1. The van der Waals surface area contributed by atoms with Crippen molar-refractivity contribution in [2.75, 3.05) is 31.5 Å². The molecule has 2 rings (SSSR count). The molecule has 1 aliphatic rings. The Labute approximate surface area is 143 Å². The van der Waals surface area contributed by atoms with Crippen LogP contribution in [0.5, 0.6) is 0 Å². The van der Waals surface area contributed by atoms with Crippen molar-refractivity contribution in [3.63, 3.8) is 0 Å². The minimum Gasteiger partial charge on any atom is -0.339 e. The summed E-state index contributed by atoms with van der Waals surface area (Å²) in [5.41, 5.74) is 1.73. The van der Waals surface area contributed by atoms with Crippen LogP contribution >= 0.6 is 15.9 Å². The van der Waals surface area contributed by atoms with Crippen molar-refractivity contribution in [1.29, 1.82) is 0 Å². The molecule has 0 unspecified atom stereocenters. The maximum atomic E-state index is 12.1. The summed E-state index contributed by atoms with van der Waals surface area (Å²) >= 11 is 3.41. The van der Waals surface area contributed by atoms with E-state index in [0.29, 0.717) is 31.9 Å². The van der Waals surface area contributed by atoms with Crippen LogP contribution in [0.15, 0.2) is 22.7 Å². The minimum atomic E-state index is -0.334. The number of nitrogens with zero attached hydrogens (tertiary/aromatic N) is 2. The van der Waals surface area contributed by atoms with Gasteiger partial charge in [-0.05, 0) is 24.6 Å². The Balaban J connectivity index is 1.84. The molecule has 1 aliphatic heterocycles. The van der Waals surface area contributed by atoms with Crippen molar-refractivity contribution in [3.05, 3.63) is 28.2 Å². The van der Waals surface area contributed by atoms with Gasteiger partial charge in [0.2, 0.25) is 17.7 Å². The highest BCUT2D eigenvalue weighted by molar-refractivity contribution is 9.10. The molecule has 3 amide bonds. The number of carbonyl (C=O) groups is 3. The standard InChI is InChI=1S/C16H20BrN3O3/c1-11-3-4-13(9-14(11)17)18-15(22)10-16(23)20-7-5-19(6-8-20)12(2)21/h3-4,9H,5-8,10H2,1-2H3,(H,18,22). The number of nitrogens with one attached hydrogen (secondary N) is 1. The molecule has 124 valence electrons. The van der Waals surface area contributed by atoms with Crippen LogP contribution in [-0.2, 0) is 14.4 Å². The molecular weight excluding hydrogens is 362 g/mol. The quantitative estimate of drug-likeness (QED) is 0.811. The molecule has 0 bridgehead atoms. The molecule has 0 radical (unpaired) electrons. The van der Waals surface area contributed by atoms with Crippen molar-refractivity contribution in [3.8, 4) is 0 Å². The molecule has 1 N–H and O–H groups in total. The van der Waals surface area contributed by atoms with E-state index in [1.807, 2.05) is 19.1 Å². The van der Waals surface area contributed by atoms with Crippen molar-refractivity contribution in [2.24, 2.45) is 0 Å². The first-order chi connectivity index (χ1) is 10.9. The van der Waals surface area contributed by atoms with Crippen LogP contribution in [0.2, 0.25) is 0 Å². The minimum absolute atomic E-state index is 0.0137. The second-order valence-corrected chi connectivity index (χ2v) is 6.43. The predicted molar refractivity (Wildman–Crippen MR) is 91.0 cm³/mol. The van der Waals surface area contributed by atoms with Crippen LogP contribution in [0.1, 0.15) is 18.9 Å². The third-order valence-corrected chi connectivity index (χ3v) is 4.70. The predicted octanol–water partition coefficient (Wildman–Crippen LogP) is 1.78. The smallest absolute Gasteiger partial charge is 0.233 e. The van der Waals surface area contributed by atoms with Gasteiger partial charge in [0.25, 0.3) is 0 Å². The van der Waals surface area contributed by atoms with Gasteiger partial charge < -0.3 is 15.1 Å². The summed E-state index contributed by atoms with van der Waals surface area (Å²) in [6.07, 6.45) is -0.189. The average molecular weight is 382 g/mol. The molecule has 1 fully saturated rings. The Hall–Kier alpha value is -1.89. The number of amides is 3. The fraction of sp³-hybridized carbons (Fsp3) is 0.438. The van der Waals surface area contributed by atoms with Crippen LogP contribution in [0.25, 0.3) is 0 Å². The summed E-state index contributed by atoms with van der Waals surface area (Å²) < 4.78 is 0.905. The first-order valence-corrected chi connectivity index (χ1v) is 8.25. The van der Waals surface area contributed by atoms with Crippen molar-refractivity contribution >= 4 is 39.3 Å². The van der Waals surface area contributed by atoms with E-state index in [4.69, 9.17) is 0 Å². The van der Waals surface area contributed by atoms with Crippen LogP contribution < -0.4 is 5.32 Å². The van der Waals surface area contributed by atoms with Gasteiger partial charge in [-0.1, -0.05) is 22.0 Å². The zero-order chi connectivity index (χ0) is 17.0. The zero-order valence-electron chi connectivity index (χ0n) is 13.3. The summed E-state index contributed by atoms with van der Waals surface area (Å²) in [7, 11) is 0. The maximum absolute atomic E-state index is 12.1. The third kappa shape index (κ3) is 4.79. The average Bonchev–Trinajstić information content (AvgIpc) is 2.51. The summed E-state index contributed by atoms with van der Waals surface area (Å²) in [6.45, 7) is 5.47. The van der Waals surface area contributed by atoms with E-state index in [9.17, 15) is 14.4 Å². The van der Waals surface area contributed by atoms with E-state index in [0.717, 1.165) is 10.0 Å². The molecule has 1 saturated heterocycles. The molecule has 0 aromatic heterocycles. The number of halogens is 1. The second kappa shape index (κ2) is 7.59. The highest BCUT2D eigenvalue weighted by Crippen LogP contribution is 2.20. The van der Waals surface area contributed by atoms with Crippen molar-refractivity contribution in [2.45, 2.75) is 20.3 Å². The highest BCUT2D eigenvalue weighted by Gasteiger charge is 2.23. The molecule has 1 aromatic rings. The molecule has 0 spiro atoms. The Morgan fingerprint density at radius 1 is 1.13 bits per heavy atom. The van der Waals surface area contributed by atoms with E-state index >= 15 is 0 Å². The number of carbonyl (C=O) groups excluding carboxylic acids is 3. The fourth-order valence-corrected chi connectivity index (χ4v) is 2.77. The number of piperazine rings is 1. The summed E-state index contributed by atoms with van der Waals surface area (Å²) in [6, 6.07) is 5.50. The zero-order valence-corrected chi connectivity index (χ0v) is 14.9. The van der Waals surface area contributed by atoms with E-state index in [1.54, 1.807) is 15.9 Å². The second-order valence-electron chi connectivity index (χ2n) is 5.58. The van der Waals surface area contributed by atoms with Crippen LogP contribution in [0.3, 0.4) is 0 Å². The molecular formula is C16H20BrN3O3. The molecule has 0 saturated carbocycles. The number of aryl methyl sites for hydroxylation is 1. The normalized spacial score (nSPS) is 14.6. The van der Waals surface area contributed by atoms with Gasteiger partial charge in [0.1, 0.15) is 6.42 Å². The highest BCUT2D eigenvalue weighted by atomic mass is 79.9. The molecule has 0 aliphatic carbocycles. The van der Waals surface area contributed by atoms with Crippen molar-refractivity contribution < 1.29 is 14.4 Å². The lowest BCUT2D eigenvalue weighted by molar-refractivity contribution is -0.140. The van der Waals surface area contributed by atoms with E-state index in [-0.39, 0.29) is 24.1 Å². The largest absolute Gasteiger partial charge is 0.339 e. The van der Waals surface area contributed by atoms with Gasteiger partial charge in [-0.25, -0.2) is 0 Å². The number of hydrogen-bond acceptors (Lipinski definition) is 3. The lowest BCUT2D eigenvalue weighted by Crippen LogP contribution is -2.50. The monoisotopic (exact) mass is 381 g/mol. The van der Waals surface area contributed by atoms with Gasteiger partial charge in [0, 0.05) is 43.3 Å². The van der Waals surface area contributed by atoms with Crippen LogP contribution in [0, 0.1) is 6.92 Å². The summed E-state index contributed by atoms with van der Waals surface area (Å²) in [4.78, 5) is 38.7. The molecule has 23 heavy (non-hydrogen) atoms. The van der Waals surface area contributed by atoms with Crippen molar-refractivity contribution in [1.82, 2.24) is 9.80 Å². The van der Waals surface area contributed by atoms with Gasteiger partial charge in [-0.3, -0.25) is 14.4 Å². The van der Waals surface area contributed by atoms with Crippen LogP contribution in [-0.4, -0.2) is 53.7 Å². The lowest BCUT2D eigenvalue weighted by atomic mass is 10.2. The molecule has 7 heteroatoms. The Morgan fingerprint density at radius 2 is 1.74 bits per heavy atom. The summed E-state index contributed by atoms with van der Waals surface area (Å²) in [5.74, 6) is -0.531. The van der Waals surface area contributed by atoms with Gasteiger partial charge >= 0.3 is 0 Å². The van der Waals surface area contributed by atoms with E-state index in [1.165, 1.54) is 6.92 Å². The Morgan fingerprint density at radius 3 is 2.30 bits per heavy atom. The van der Waals surface area contributed by atoms with E-state index < -0.39 is 0 Å². The molecule has 1 heterocycles. The maximum Gasteiger partial charge on any atom is 0.233 e.